The van der Waals surface area contributed by atoms with Crippen LogP contribution >= 0.6 is 11.6 Å². The maximum absolute atomic E-state index is 5.95. The van der Waals surface area contributed by atoms with Crippen molar-refractivity contribution in [3.05, 3.63) is 22.7 Å². The maximum atomic E-state index is 5.95. The van der Waals surface area contributed by atoms with Gasteiger partial charge in [0, 0.05) is 18.7 Å². The lowest BCUT2D eigenvalue weighted by molar-refractivity contribution is 0.305. The first kappa shape index (κ1) is 13.4. The molecule has 0 radical (unpaired) electrons. The third-order valence-corrected chi connectivity index (χ3v) is 2.90. The Bertz CT molecular complexity index is 324. The largest absolute Gasteiger partial charge is 0.303 e. The standard InChI is InChI=1S/C12H20ClN3/c1-4-10-9-11(13)15-12(14-10)7-8-16(5-2)6-3/h9H,4-8H2,1-3H3. The van der Waals surface area contributed by atoms with Gasteiger partial charge in [0.05, 0.1) is 0 Å². The van der Waals surface area contributed by atoms with E-state index in [1.165, 1.54) is 0 Å². The fourth-order valence-corrected chi connectivity index (χ4v) is 1.83. The molecule has 0 spiro atoms. The van der Waals surface area contributed by atoms with Crippen molar-refractivity contribution >= 4 is 11.6 Å². The smallest absolute Gasteiger partial charge is 0.133 e. The lowest BCUT2D eigenvalue weighted by Crippen LogP contribution is -2.26. The van der Waals surface area contributed by atoms with E-state index in [1.54, 1.807) is 0 Å². The molecule has 4 heteroatoms. The molecule has 1 aromatic rings. The van der Waals surface area contributed by atoms with E-state index in [9.17, 15) is 0 Å². The molecule has 1 rings (SSSR count). The molecule has 0 atom stereocenters. The molecule has 0 saturated carbocycles. The van der Waals surface area contributed by atoms with Gasteiger partial charge in [-0.25, -0.2) is 9.97 Å². The molecule has 0 bridgehead atoms. The van der Waals surface area contributed by atoms with Crippen LogP contribution in [0, 0.1) is 0 Å². The zero-order valence-corrected chi connectivity index (χ0v) is 11.1. The monoisotopic (exact) mass is 241 g/mol. The van der Waals surface area contributed by atoms with Crippen LogP contribution in [0.4, 0.5) is 0 Å². The fourth-order valence-electron chi connectivity index (χ4n) is 1.61. The normalized spacial score (nSPS) is 11.1. The molecule has 3 nitrogen and oxygen atoms in total. The van der Waals surface area contributed by atoms with Crippen LogP contribution in [0.15, 0.2) is 6.07 Å². The Kier molecular flexibility index (Phi) is 5.71. The highest BCUT2D eigenvalue weighted by Crippen LogP contribution is 2.08. The lowest BCUT2D eigenvalue weighted by atomic mass is 10.3. The van der Waals surface area contributed by atoms with E-state index in [4.69, 9.17) is 11.6 Å². The number of hydrogen-bond acceptors (Lipinski definition) is 3. The minimum Gasteiger partial charge on any atom is -0.303 e. The summed E-state index contributed by atoms with van der Waals surface area (Å²) in [5.41, 5.74) is 1.02. The Balaban J connectivity index is 2.62. The van der Waals surface area contributed by atoms with Gasteiger partial charge in [-0.2, -0.15) is 0 Å². The van der Waals surface area contributed by atoms with Crippen LogP contribution < -0.4 is 0 Å². The second-order valence-electron chi connectivity index (χ2n) is 3.73. The number of hydrogen-bond donors (Lipinski definition) is 0. The summed E-state index contributed by atoms with van der Waals surface area (Å²) in [5, 5.41) is 0.557. The van der Waals surface area contributed by atoms with Gasteiger partial charge < -0.3 is 4.90 Å². The Hall–Kier alpha value is -0.670. The molecule has 0 amide bonds. The van der Waals surface area contributed by atoms with Gasteiger partial charge in [-0.1, -0.05) is 32.4 Å². The second-order valence-corrected chi connectivity index (χ2v) is 4.12. The van der Waals surface area contributed by atoms with Crippen molar-refractivity contribution in [2.45, 2.75) is 33.6 Å². The molecule has 0 unspecified atom stereocenters. The van der Waals surface area contributed by atoms with Gasteiger partial charge in [0.15, 0.2) is 0 Å². The van der Waals surface area contributed by atoms with E-state index < -0.39 is 0 Å². The summed E-state index contributed by atoms with van der Waals surface area (Å²) in [4.78, 5) is 11.1. The van der Waals surface area contributed by atoms with Crippen molar-refractivity contribution in [2.75, 3.05) is 19.6 Å². The Labute approximate surface area is 103 Å². The summed E-state index contributed by atoms with van der Waals surface area (Å²) in [5.74, 6) is 0.858. The molecule has 1 heterocycles. The SMILES string of the molecule is CCc1cc(Cl)nc(CCN(CC)CC)n1. The van der Waals surface area contributed by atoms with Gasteiger partial charge in [0.1, 0.15) is 11.0 Å². The van der Waals surface area contributed by atoms with E-state index in [0.717, 1.165) is 44.0 Å². The predicted octanol–water partition coefficient (Wildman–Crippen LogP) is 2.58. The van der Waals surface area contributed by atoms with Gasteiger partial charge >= 0.3 is 0 Å². The molecule has 0 N–H and O–H groups in total. The van der Waals surface area contributed by atoms with Crippen molar-refractivity contribution in [3.63, 3.8) is 0 Å². The summed E-state index contributed by atoms with van der Waals surface area (Å²) in [6.45, 7) is 9.54. The highest BCUT2D eigenvalue weighted by molar-refractivity contribution is 6.29. The number of nitrogens with zero attached hydrogens (tertiary/aromatic N) is 3. The Morgan fingerprint density at radius 1 is 1.19 bits per heavy atom. The number of likely N-dealkylation sites (N-methyl/N-ethyl adjacent to an activating group) is 1. The fraction of sp³-hybridized carbons (Fsp3) is 0.667. The Morgan fingerprint density at radius 2 is 1.88 bits per heavy atom. The minimum atomic E-state index is 0.557. The van der Waals surface area contributed by atoms with Crippen LogP contribution in [0.5, 0.6) is 0 Å². The molecule has 0 aliphatic heterocycles. The molecule has 90 valence electrons. The number of halogens is 1. The molecule has 0 fully saturated rings. The van der Waals surface area contributed by atoms with Gasteiger partial charge in [0.2, 0.25) is 0 Å². The molecule has 0 aliphatic carbocycles. The van der Waals surface area contributed by atoms with E-state index in [2.05, 4.69) is 35.6 Å². The zero-order chi connectivity index (χ0) is 12.0. The molecular weight excluding hydrogens is 222 g/mol. The number of rotatable bonds is 6. The molecular formula is C12H20ClN3. The second kappa shape index (κ2) is 6.81. The van der Waals surface area contributed by atoms with Crippen molar-refractivity contribution in [1.82, 2.24) is 14.9 Å². The molecule has 16 heavy (non-hydrogen) atoms. The van der Waals surface area contributed by atoms with E-state index in [0.29, 0.717) is 5.15 Å². The van der Waals surface area contributed by atoms with Gasteiger partial charge in [0.25, 0.3) is 0 Å². The molecule has 0 aliphatic rings. The van der Waals surface area contributed by atoms with Crippen molar-refractivity contribution < 1.29 is 0 Å². The predicted molar refractivity (Wildman–Crippen MR) is 67.9 cm³/mol. The zero-order valence-electron chi connectivity index (χ0n) is 10.3. The first-order valence-electron chi connectivity index (χ1n) is 5.94. The summed E-state index contributed by atoms with van der Waals surface area (Å²) in [6, 6.07) is 1.84. The van der Waals surface area contributed by atoms with Crippen LogP contribution in [0.2, 0.25) is 5.15 Å². The number of aromatic nitrogens is 2. The van der Waals surface area contributed by atoms with Gasteiger partial charge in [-0.15, -0.1) is 0 Å². The third-order valence-electron chi connectivity index (χ3n) is 2.70. The van der Waals surface area contributed by atoms with Crippen LogP contribution in [0.3, 0.4) is 0 Å². The van der Waals surface area contributed by atoms with Gasteiger partial charge in [-0.05, 0) is 25.6 Å². The third kappa shape index (κ3) is 4.06. The quantitative estimate of drug-likeness (QED) is 0.717. The molecule has 0 saturated heterocycles. The topological polar surface area (TPSA) is 29.0 Å². The van der Waals surface area contributed by atoms with Gasteiger partial charge in [-0.3, -0.25) is 0 Å². The van der Waals surface area contributed by atoms with E-state index in [-0.39, 0.29) is 0 Å². The van der Waals surface area contributed by atoms with Crippen LogP contribution in [-0.2, 0) is 12.8 Å². The summed E-state index contributed by atoms with van der Waals surface area (Å²) in [6.07, 6.45) is 1.77. The first-order valence-corrected chi connectivity index (χ1v) is 6.32. The van der Waals surface area contributed by atoms with E-state index >= 15 is 0 Å². The average molecular weight is 242 g/mol. The van der Waals surface area contributed by atoms with Crippen LogP contribution in [0.1, 0.15) is 32.3 Å². The highest BCUT2D eigenvalue weighted by Gasteiger charge is 2.04. The molecule has 0 aromatic carbocycles. The first-order chi connectivity index (χ1) is 7.69. The number of aryl methyl sites for hydroxylation is 1. The summed E-state index contributed by atoms with van der Waals surface area (Å²) < 4.78 is 0. The van der Waals surface area contributed by atoms with Crippen molar-refractivity contribution in [3.8, 4) is 0 Å². The van der Waals surface area contributed by atoms with Crippen molar-refractivity contribution in [1.29, 1.82) is 0 Å². The van der Waals surface area contributed by atoms with Crippen LogP contribution in [0.25, 0.3) is 0 Å². The van der Waals surface area contributed by atoms with Crippen molar-refractivity contribution in [2.24, 2.45) is 0 Å². The summed E-state index contributed by atoms with van der Waals surface area (Å²) >= 11 is 5.95. The minimum absolute atomic E-state index is 0.557. The summed E-state index contributed by atoms with van der Waals surface area (Å²) in [7, 11) is 0. The van der Waals surface area contributed by atoms with E-state index in [1.807, 2.05) is 6.07 Å². The van der Waals surface area contributed by atoms with Crippen LogP contribution in [-0.4, -0.2) is 34.5 Å². The molecule has 1 aromatic heterocycles. The maximum Gasteiger partial charge on any atom is 0.133 e. The lowest BCUT2D eigenvalue weighted by Gasteiger charge is -2.17. The Morgan fingerprint density at radius 3 is 2.44 bits per heavy atom. The highest BCUT2D eigenvalue weighted by atomic mass is 35.5. The average Bonchev–Trinajstić information content (AvgIpc) is 2.29.